The largest absolute Gasteiger partial charge is 0.490 e. The van der Waals surface area contributed by atoms with Gasteiger partial charge in [0.25, 0.3) is 0 Å². The van der Waals surface area contributed by atoms with E-state index in [1.165, 1.54) is 12.1 Å². The van der Waals surface area contributed by atoms with Gasteiger partial charge >= 0.3 is 0 Å². The monoisotopic (exact) mass is 256 g/mol. The number of benzene rings is 1. The molecule has 0 unspecified atom stereocenters. The minimum atomic E-state index is -0.448. The molecule has 3 N–H and O–H groups in total. The quantitative estimate of drug-likeness (QED) is 0.745. The number of hydrogen-bond acceptors (Lipinski definition) is 3. The maximum absolute atomic E-state index is 13.1. The number of carbonyl (C=O) groups is 1. The average molecular weight is 256 g/mol. The van der Waals surface area contributed by atoms with Crippen LogP contribution in [0.15, 0.2) is 24.3 Å². The van der Waals surface area contributed by atoms with Crippen LogP contribution in [0.1, 0.15) is 6.42 Å². The zero-order chi connectivity index (χ0) is 12.7. The second-order valence-electron chi connectivity index (χ2n) is 3.27. The first kappa shape index (κ1) is 13.4. The molecule has 0 saturated carbocycles. The molecule has 0 aliphatic heterocycles. The molecule has 1 aromatic carbocycles. The van der Waals surface area contributed by atoms with Gasteiger partial charge in [-0.15, -0.1) is 0 Å². The topological polar surface area (TPSA) is 64.3 Å². The fourth-order valence-electron chi connectivity index (χ4n) is 1.09. The molecule has 0 saturated heterocycles. The number of hydrogen-bond donors (Lipinski definition) is 2. The van der Waals surface area contributed by atoms with E-state index in [9.17, 15) is 9.18 Å². The summed E-state index contributed by atoms with van der Waals surface area (Å²) < 4.78 is 18.2. The Kier molecular flexibility index (Phi) is 5.35. The normalized spacial score (nSPS) is 9.71. The average Bonchev–Trinajstić information content (AvgIpc) is 2.29. The Morgan fingerprint density at radius 2 is 2.18 bits per heavy atom. The summed E-state index contributed by atoms with van der Waals surface area (Å²) in [5.74, 6) is -0.556. The molecule has 4 nitrogen and oxygen atoms in total. The summed E-state index contributed by atoms with van der Waals surface area (Å²) in [7, 11) is 0. The molecule has 1 aromatic rings. The second-order valence-corrected chi connectivity index (χ2v) is 3.80. The van der Waals surface area contributed by atoms with Gasteiger partial charge in [0, 0.05) is 0 Å². The number of carbonyl (C=O) groups excluding carboxylic acids is 1. The lowest BCUT2D eigenvalue weighted by molar-refractivity contribution is -0.121. The fourth-order valence-corrected chi connectivity index (χ4v) is 1.16. The van der Waals surface area contributed by atoms with E-state index in [1.807, 2.05) is 0 Å². The molecule has 0 aliphatic rings. The van der Waals surface area contributed by atoms with Gasteiger partial charge in [-0.2, -0.15) is 0 Å². The first-order chi connectivity index (χ1) is 8.09. The fraction of sp³-hybridized carbons (Fsp3) is 0.273. The molecular formula is C11H13FN2O2S. The van der Waals surface area contributed by atoms with Gasteiger partial charge in [0.2, 0.25) is 5.91 Å². The van der Waals surface area contributed by atoms with Gasteiger partial charge < -0.3 is 15.8 Å². The summed E-state index contributed by atoms with van der Waals surface area (Å²) in [4.78, 5) is 11.4. The van der Waals surface area contributed by atoms with Crippen LogP contribution in [0.3, 0.4) is 0 Å². The molecule has 92 valence electrons. The van der Waals surface area contributed by atoms with Crippen molar-refractivity contribution in [3.05, 3.63) is 30.1 Å². The number of halogens is 1. The summed E-state index contributed by atoms with van der Waals surface area (Å²) >= 11 is 4.60. The highest BCUT2D eigenvalue weighted by Gasteiger charge is 2.04. The van der Waals surface area contributed by atoms with Crippen LogP contribution in [0.5, 0.6) is 5.75 Å². The number of nitrogens with two attached hydrogens (primary N) is 1. The van der Waals surface area contributed by atoms with Crippen molar-refractivity contribution in [1.29, 1.82) is 0 Å². The van der Waals surface area contributed by atoms with E-state index >= 15 is 0 Å². The van der Waals surface area contributed by atoms with E-state index in [1.54, 1.807) is 12.1 Å². The van der Waals surface area contributed by atoms with Crippen LogP contribution < -0.4 is 15.8 Å². The molecule has 0 atom stereocenters. The number of amides is 1. The molecule has 0 aliphatic carbocycles. The second kappa shape index (κ2) is 6.80. The maximum atomic E-state index is 13.1. The third kappa shape index (κ3) is 5.26. The highest BCUT2D eigenvalue weighted by molar-refractivity contribution is 7.80. The molecule has 0 radical (unpaired) electrons. The van der Waals surface area contributed by atoms with Crippen molar-refractivity contribution in [3.63, 3.8) is 0 Å². The van der Waals surface area contributed by atoms with Gasteiger partial charge in [0.1, 0.15) is 0 Å². The molecule has 0 heterocycles. The van der Waals surface area contributed by atoms with Crippen molar-refractivity contribution in [3.8, 4) is 5.75 Å². The lowest BCUT2D eigenvalue weighted by Gasteiger charge is -2.07. The summed E-state index contributed by atoms with van der Waals surface area (Å²) in [6, 6.07) is 6.02. The zero-order valence-corrected chi connectivity index (χ0v) is 9.93. The SMILES string of the molecule is NC(=S)CNC(=O)CCOc1ccccc1F. The van der Waals surface area contributed by atoms with Crippen molar-refractivity contribution in [2.24, 2.45) is 5.73 Å². The summed E-state index contributed by atoms with van der Waals surface area (Å²) in [6.45, 7) is 0.262. The van der Waals surface area contributed by atoms with E-state index in [2.05, 4.69) is 17.5 Å². The minimum Gasteiger partial charge on any atom is -0.490 e. The van der Waals surface area contributed by atoms with Crippen molar-refractivity contribution in [2.45, 2.75) is 6.42 Å². The predicted octanol–water partition coefficient (Wildman–Crippen LogP) is 0.997. The van der Waals surface area contributed by atoms with Crippen molar-refractivity contribution < 1.29 is 13.9 Å². The van der Waals surface area contributed by atoms with Gasteiger partial charge in [-0.05, 0) is 12.1 Å². The van der Waals surface area contributed by atoms with Crippen molar-refractivity contribution in [1.82, 2.24) is 5.32 Å². The number of nitrogens with one attached hydrogen (secondary N) is 1. The van der Waals surface area contributed by atoms with Crippen LogP contribution in [0.25, 0.3) is 0 Å². The summed E-state index contributed by atoms with van der Waals surface area (Å²) in [5, 5.41) is 2.50. The number of rotatable bonds is 6. The highest BCUT2D eigenvalue weighted by atomic mass is 32.1. The van der Waals surface area contributed by atoms with E-state index in [0.29, 0.717) is 0 Å². The molecule has 1 amide bonds. The lowest BCUT2D eigenvalue weighted by atomic mass is 10.3. The predicted molar refractivity (Wildman–Crippen MR) is 66.3 cm³/mol. The Labute approximate surface area is 104 Å². The minimum absolute atomic E-state index is 0.101. The molecule has 0 bridgehead atoms. The van der Waals surface area contributed by atoms with Crippen LogP contribution in [-0.4, -0.2) is 24.0 Å². The van der Waals surface area contributed by atoms with Gasteiger partial charge in [-0.25, -0.2) is 4.39 Å². The van der Waals surface area contributed by atoms with Gasteiger partial charge in [0.05, 0.1) is 24.6 Å². The van der Waals surface area contributed by atoms with Crippen LogP contribution in [0.2, 0.25) is 0 Å². The Hall–Kier alpha value is -1.69. The van der Waals surface area contributed by atoms with Crippen LogP contribution in [0.4, 0.5) is 4.39 Å². The highest BCUT2D eigenvalue weighted by Crippen LogP contribution is 2.15. The van der Waals surface area contributed by atoms with Gasteiger partial charge in [-0.3, -0.25) is 4.79 Å². The van der Waals surface area contributed by atoms with Crippen LogP contribution in [-0.2, 0) is 4.79 Å². The molecule has 0 aromatic heterocycles. The molecule has 6 heteroatoms. The standard InChI is InChI=1S/C11H13FN2O2S/c12-8-3-1-2-4-9(8)16-6-5-11(15)14-7-10(13)17/h1-4H,5-7H2,(H2,13,17)(H,14,15). The number of para-hydroxylation sites is 1. The third-order valence-corrected chi connectivity index (χ3v) is 2.03. The van der Waals surface area contributed by atoms with Gasteiger partial charge in [-0.1, -0.05) is 24.4 Å². The summed E-state index contributed by atoms with van der Waals surface area (Å²) in [6.07, 6.45) is 0.122. The third-order valence-electron chi connectivity index (χ3n) is 1.88. The van der Waals surface area contributed by atoms with Crippen LogP contribution in [0, 0.1) is 5.82 Å². The van der Waals surface area contributed by atoms with E-state index in [4.69, 9.17) is 10.5 Å². The van der Waals surface area contributed by atoms with E-state index in [-0.39, 0.29) is 36.2 Å². The Balaban J connectivity index is 2.26. The van der Waals surface area contributed by atoms with Crippen LogP contribution >= 0.6 is 12.2 Å². The lowest BCUT2D eigenvalue weighted by Crippen LogP contribution is -2.32. The number of thiocarbonyl (C=S) groups is 1. The molecule has 0 fully saturated rings. The first-order valence-electron chi connectivity index (χ1n) is 5.02. The molecule has 1 rings (SSSR count). The smallest absolute Gasteiger partial charge is 0.223 e. The Morgan fingerprint density at radius 3 is 2.82 bits per heavy atom. The zero-order valence-electron chi connectivity index (χ0n) is 9.11. The van der Waals surface area contributed by atoms with Crippen molar-refractivity contribution in [2.75, 3.05) is 13.2 Å². The molecule has 17 heavy (non-hydrogen) atoms. The summed E-state index contributed by atoms with van der Waals surface area (Å²) in [5.41, 5.74) is 5.22. The Bertz CT molecular complexity index is 412. The number of ether oxygens (including phenoxy) is 1. The van der Waals surface area contributed by atoms with E-state index < -0.39 is 5.82 Å². The molecule has 0 spiro atoms. The van der Waals surface area contributed by atoms with E-state index in [0.717, 1.165) is 0 Å². The Morgan fingerprint density at radius 1 is 1.47 bits per heavy atom. The molecular weight excluding hydrogens is 243 g/mol. The van der Waals surface area contributed by atoms with Crippen molar-refractivity contribution >= 4 is 23.1 Å². The van der Waals surface area contributed by atoms with Gasteiger partial charge in [0.15, 0.2) is 11.6 Å². The maximum Gasteiger partial charge on any atom is 0.223 e. The first-order valence-corrected chi connectivity index (χ1v) is 5.42.